The average Bonchev–Trinajstić information content (AvgIpc) is 1.90. The van der Waals surface area contributed by atoms with Crippen molar-refractivity contribution in [2.24, 2.45) is 0 Å². The second kappa shape index (κ2) is 22.9. The fourth-order valence-corrected chi connectivity index (χ4v) is 0. The largest absolute Gasteiger partial charge is 0.425 e. The maximum atomic E-state index is 9.63. The van der Waals surface area contributed by atoms with Gasteiger partial charge >= 0.3 is 10.6 Å². The normalized spacial score (nSPS) is 6.71. The van der Waals surface area contributed by atoms with Gasteiger partial charge in [-0.05, 0) is 0 Å². The Balaban J connectivity index is -0.0000000273. The number of hydrogen-bond donors (Lipinski definition) is 0. The summed E-state index contributed by atoms with van der Waals surface area (Å²) in [5.41, 5.74) is 0. The van der Waals surface area contributed by atoms with Gasteiger partial charge in [-0.25, -0.2) is 8.42 Å². The fraction of sp³-hybridized carbons (Fsp3) is 1.00. The van der Waals surface area contributed by atoms with Gasteiger partial charge < -0.3 is 0 Å². The van der Waals surface area contributed by atoms with E-state index in [1.165, 1.54) is 0 Å². The van der Waals surface area contributed by atoms with Gasteiger partial charge in [0.1, 0.15) is 9.84 Å². The molecule has 0 fully saturated rings. The molecular weight excluding hydrogens is 228 g/mol. The molecule has 0 spiro atoms. The zero-order valence-electron chi connectivity index (χ0n) is 8.86. The summed E-state index contributed by atoms with van der Waals surface area (Å²) in [4.78, 5) is 0. The minimum atomic E-state index is -3.11. The van der Waals surface area contributed by atoms with E-state index in [1.54, 1.807) is 0 Å². The molecule has 0 aliphatic carbocycles. The van der Waals surface area contributed by atoms with Crippen molar-refractivity contribution in [3.8, 4) is 0 Å². The van der Waals surface area contributed by atoms with Gasteiger partial charge in [0, 0.05) is 12.5 Å². The number of rotatable bonds is 0. The molecule has 0 aliphatic heterocycles. The van der Waals surface area contributed by atoms with Crippen molar-refractivity contribution in [1.82, 2.24) is 0 Å². The van der Waals surface area contributed by atoms with Gasteiger partial charge in [-0.3, -0.25) is 0 Å². The highest BCUT2D eigenvalue weighted by molar-refractivity contribution is 7.89. The van der Waals surface area contributed by atoms with Crippen molar-refractivity contribution in [3.63, 3.8) is 0 Å². The summed E-state index contributed by atoms with van der Waals surface area (Å²) in [6.45, 7) is 8.00. The molecule has 7 heteroatoms. The Morgan fingerprint density at radius 2 is 0.786 bits per heavy atom. The Morgan fingerprint density at radius 3 is 0.786 bits per heavy atom. The second-order valence-electron chi connectivity index (χ2n) is 1.35. The van der Waals surface area contributed by atoms with Gasteiger partial charge in [-0.1, -0.05) is 35.1 Å². The molecule has 0 amide bonds. The third kappa shape index (κ3) is 6990. The Hall–Kier alpha value is -0.430. The first-order valence-electron chi connectivity index (χ1n) is 3.65. The summed E-state index contributed by atoms with van der Waals surface area (Å²) in [7, 11) is -5.78. The Labute approximate surface area is 89.5 Å². The monoisotopic (exact) mass is 250 g/mol. The van der Waals surface area contributed by atoms with E-state index in [0.717, 1.165) is 12.5 Å². The summed E-state index contributed by atoms with van der Waals surface area (Å²) < 4.78 is 44.6. The Bertz CT molecular complexity index is 233. The van der Waals surface area contributed by atoms with Crippen molar-refractivity contribution in [1.29, 1.82) is 0 Å². The molecule has 0 saturated heterocycles. The highest BCUT2D eigenvalue weighted by Crippen LogP contribution is 1.61. The predicted octanol–water partition coefficient (Wildman–Crippen LogP) is 1.35. The first kappa shape index (κ1) is 29.2. The van der Waals surface area contributed by atoms with Crippen molar-refractivity contribution in [2.45, 2.75) is 35.1 Å². The van der Waals surface area contributed by atoms with Crippen LogP contribution in [0.2, 0.25) is 0 Å². The third-order valence-corrected chi connectivity index (χ3v) is 0. The highest BCUT2D eigenvalue weighted by atomic mass is 32.2. The van der Waals surface area contributed by atoms with Crippen LogP contribution in [0.4, 0.5) is 0 Å². The summed E-state index contributed by atoms with van der Waals surface area (Å²) in [6.07, 6.45) is 2.32. The topological polar surface area (TPSA) is 85.3 Å². The molecule has 5 nitrogen and oxygen atoms in total. The maximum Gasteiger partial charge on any atom is 0.425 e. The van der Waals surface area contributed by atoms with Crippen LogP contribution in [0.5, 0.6) is 0 Å². The SMILES string of the molecule is C.CC.CC.CS(C)(=O)=O.O=S(=O)=O. The fourth-order valence-electron chi connectivity index (χ4n) is 0. The Morgan fingerprint density at radius 1 is 0.786 bits per heavy atom. The van der Waals surface area contributed by atoms with Crippen LogP contribution in [0.1, 0.15) is 35.1 Å². The van der Waals surface area contributed by atoms with Gasteiger partial charge in [0.2, 0.25) is 0 Å². The van der Waals surface area contributed by atoms with Crippen LogP contribution in [0, 0.1) is 0 Å². The van der Waals surface area contributed by atoms with Crippen molar-refractivity contribution >= 4 is 20.4 Å². The maximum absolute atomic E-state index is 9.63. The molecule has 0 radical (unpaired) electrons. The van der Waals surface area contributed by atoms with Gasteiger partial charge in [-0.15, -0.1) is 12.6 Å². The molecule has 14 heavy (non-hydrogen) atoms. The third-order valence-electron chi connectivity index (χ3n) is 0. The molecule has 0 aliphatic rings. The molecule has 0 atom stereocenters. The number of hydrogen-bond acceptors (Lipinski definition) is 5. The van der Waals surface area contributed by atoms with Crippen LogP contribution in [0.3, 0.4) is 0 Å². The molecule has 0 aromatic rings. The molecule has 0 heterocycles. The van der Waals surface area contributed by atoms with Crippen molar-refractivity contribution < 1.29 is 21.0 Å². The van der Waals surface area contributed by atoms with Crippen LogP contribution in [-0.2, 0) is 20.4 Å². The lowest BCUT2D eigenvalue weighted by molar-refractivity contribution is 0.559. The lowest BCUT2D eigenvalue weighted by atomic mass is 11.0. The van der Waals surface area contributed by atoms with E-state index in [9.17, 15) is 8.42 Å². The van der Waals surface area contributed by atoms with Crippen molar-refractivity contribution in [3.05, 3.63) is 0 Å². The lowest BCUT2D eigenvalue weighted by Gasteiger charge is -1.69. The van der Waals surface area contributed by atoms with E-state index < -0.39 is 20.4 Å². The molecule has 0 bridgehead atoms. The highest BCUT2D eigenvalue weighted by Gasteiger charge is 1.79. The quantitative estimate of drug-likeness (QED) is 0.647. The molecular formula is C7H22O5S2. The van der Waals surface area contributed by atoms with E-state index in [0.29, 0.717) is 0 Å². The zero-order chi connectivity index (χ0) is 12.1. The van der Waals surface area contributed by atoms with Crippen LogP contribution in [0.25, 0.3) is 0 Å². The van der Waals surface area contributed by atoms with Gasteiger partial charge in [0.05, 0.1) is 0 Å². The molecule has 0 saturated carbocycles. The Kier molecular flexibility index (Phi) is 47.8. The molecule has 0 aromatic carbocycles. The minimum Gasteiger partial charge on any atom is -0.229 e. The van der Waals surface area contributed by atoms with E-state index in [4.69, 9.17) is 12.6 Å². The first-order chi connectivity index (χ1) is 5.73. The van der Waals surface area contributed by atoms with E-state index in [-0.39, 0.29) is 7.43 Å². The van der Waals surface area contributed by atoms with Gasteiger partial charge in [0.25, 0.3) is 0 Å². The zero-order valence-corrected chi connectivity index (χ0v) is 10.5. The minimum absolute atomic E-state index is 0. The summed E-state index contributed by atoms with van der Waals surface area (Å²) in [5.74, 6) is 0. The summed E-state index contributed by atoms with van der Waals surface area (Å²) >= 11 is 0. The standard InChI is InChI=1S/C2H6O2S.2C2H6.CH4.O3S/c1-5(2,3)4;2*1-2;;1-4(2)3/h1-2H3;2*1-2H3;1H4;. The van der Waals surface area contributed by atoms with E-state index in [1.807, 2.05) is 27.7 Å². The second-order valence-corrected chi connectivity index (χ2v) is 4.04. The van der Waals surface area contributed by atoms with E-state index in [2.05, 4.69) is 0 Å². The van der Waals surface area contributed by atoms with E-state index >= 15 is 0 Å². The van der Waals surface area contributed by atoms with Crippen LogP contribution < -0.4 is 0 Å². The van der Waals surface area contributed by atoms with Gasteiger partial charge in [-0.2, -0.15) is 0 Å². The molecule has 0 aromatic heterocycles. The summed E-state index contributed by atoms with van der Waals surface area (Å²) in [6, 6.07) is 0. The van der Waals surface area contributed by atoms with Crippen molar-refractivity contribution in [2.75, 3.05) is 12.5 Å². The molecule has 0 rings (SSSR count). The average molecular weight is 250 g/mol. The smallest absolute Gasteiger partial charge is 0.229 e. The lowest BCUT2D eigenvalue weighted by Crippen LogP contribution is -1.86. The summed E-state index contributed by atoms with van der Waals surface area (Å²) in [5, 5.41) is 0. The predicted molar refractivity (Wildman–Crippen MR) is 59.9 cm³/mol. The molecule has 0 N–H and O–H groups in total. The molecule has 0 unspecified atom stereocenters. The first-order valence-corrected chi connectivity index (χ1v) is 6.95. The van der Waals surface area contributed by atoms with Crippen LogP contribution >= 0.6 is 0 Å². The van der Waals surface area contributed by atoms with Crippen LogP contribution in [-0.4, -0.2) is 33.6 Å². The van der Waals surface area contributed by atoms with Gasteiger partial charge in [0.15, 0.2) is 0 Å². The number of sulfone groups is 1. The molecule has 92 valence electrons. The van der Waals surface area contributed by atoms with Crippen LogP contribution in [0.15, 0.2) is 0 Å².